The molecule has 0 saturated heterocycles. The lowest BCUT2D eigenvalue weighted by molar-refractivity contribution is -0.122. The molecule has 0 aliphatic rings. The summed E-state index contributed by atoms with van der Waals surface area (Å²) in [6, 6.07) is 3.84. The number of amides is 1. The molecule has 1 atom stereocenters. The van der Waals surface area contributed by atoms with Gasteiger partial charge in [0.25, 0.3) is 0 Å². The SMILES string of the molecule is CC(C)NC(=O)C(C)Nc1ccc(Cl)cc1F. The highest BCUT2D eigenvalue weighted by Crippen LogP contribution is 2.19. The quantitative estimate of drug-likeness (QED) is 0.872. The third kappa shape index (κ3) is 4.23. The van der Waals surface area contributed by atoms with Gasteiger partial charge in [0, 0.05) is 11.1 Å². The van der Waals surface area contributed by atoms with Crippen LogP contribution in [0.4, 0.5) is 10.1 Å². The molecule has 0 spiro atoms. The van der Waals surface area contributed by atoms with Gasteiger partial charge >= 0.3 is 0 Å². The lowest BCUT2D eigenvalue weighted by Crippen LogP contribution is -2.41. The summed E-state index contributed by atoms with van der Waals surface area (Å²) in [7, 11) is 0. The Kier molecular flexibility index (Phi) is 4.75. The molecule has 0 bridgehead atoms. The lowest BCUT2D eigenvalue weighted by atomic mass is 10.2. The third-order valence-electron chi connectivity index (χ3n) is 2.13. The minimum atomic E-state index is -0.506. The summed E-state index contributed by atoms with van der Waals surface area (Å²) in [6.07, 6.45) is 0. The number of benzene rings is 1. The number of carbonyl (C=O) groups is 1. The van der Waals surface area contributed by atoms with Crippen molar-refractivity contribution in [2.75, 3.05) is 5.32 Å². The number of hydrogen-bond acceptors (Lipinski definition) is 2. The fourth-order valence-corrected chi connectivity index (χ4v) is 1.47. The number of anilines is 1. The molecule has 0 fully saturated rings. The van der Waals surface area contributed by atoms with E-state index in [1.54, 1.807) is 13.0 Å². The van der Waals surface area contributed by atoms with Gasteiger partial charge in [-0.2, -0.15) is 0 Å². The molecule has 1 amide bonds. The van der Waals surface area contributed by atoms with Crippen LogP contribution in [-0.4, -0.2) is 18.0 Å². The molecule has 17 heavy (non-hydrogen) atoms. The summed E-state index contributed by atoms with van der Waals surface area (Å²) < 4.78 is 13.5. The summed E-state index contributed by atoms with van der Waals surface area (Å²) >= 11 is 5.64. The van der Waals surface area contributed by atoms with Gasteiger partial charge in [-0.1, -0.05) is 11.6 Å². The number of rotatable bonds is 4. The van der Waals surface area contributed by atoms with Gasteiger partial charge in [0.2, 0.25) is 5.91 Å². The topological polar surface area (TPSA) is 41.1 Å². The normalized spacial score (nSPS) is 12.4. The van der Waals surface area contributed by atoms with E-state index in [4.69, 9.17) is 11.6 Å². The number of halogens is 2. The Morgan fingerprint density at radius 2 is 2.00 bits per heavy atom. The van der Waals surface area contributed by atoms with Gasteiger partial charge < -0.3 is 10.6 Å². The van der Waals surface area contributed by atoms with E-state index in [9.17, 15) is 9.18 Å². The lowest BCUT2D eigenvalue weighted by Gasteiger charge is -2.17. The highest BCUT2D eigenvalue weighted by molar-refractivity contribution is 6.30. The summed E-state index contributed by atoms with van der Waals surface area (Å²) in [5.41, 5.74) is 0.265. The van der Waals surface area contributed by atoms with Crippen molar-refractivity contribution in [3.63, 3.8) is 0 Å². The van der Waals surface area contributed by atoms with Crippen LogP contribution in [-0.2, 0) is 4.79 Å². The molecule has 3 nitrogen and oxygen atoms in total. The summed E-state index contributed by atoms with van der Waals surface area (Å²) in [6.45, 7) is 5.41. The maximum atomic E-state index is 13.5. The van der Waals surface area contributed by atoms with Gasteiger partial charge in [-0.05, 0) is 39.0 Å². The highest BCUT2D eigenvalue weighted by Gasteiger charge is 2.14. The van der Waals surface area contributed by atoms with Crippen molar-refractivity contribution in [3.8, 4) is 0 Å². The molecular weight excluding hydrogens is 243 g/mol. The molecule has 0 saturated carbocycles. The second-order valence-electron chi connectivity index (χ2n) is 4.15. The van der Waals surface area contributed by atoms with Gasteiger partial charge in [0.05, 0.1) is 5.69 Å². The first kappa shape index (κ1) is 13.8. The fourth-order valence-electron chi connectivity index (χ4n) is 1.31. The van der Waals surface area contributed by atoms with Crippen LogP contribution in [0.15, 0.2) is 18.2 Å². The zero-order valence-corrected chi connectivity index (χ0v) is 10.8. The molecular formula is C12H16ClFN2O. The summed E-state index contributed by atoms with van der Waals surface area (Å²) in [5.74, 6) is -0.643. The smallest absolute Gasteiger partial charge is 0.242 e. The van der Waals surface area contributed by atoms with Crippen molar-refractivity contribution in [2.45, 2.75) is 32.9 Å². The zero-order chi connectivity index (χ0) is 13.0. The largest absolute Gasteiger partial charge is 0.372 e. The van der Waals surface area contributed by atoms with Crippen molar-refractivity contribution in [3.05, 3.63) is 29.0 Å². The van der Waals surface area contributed by atoms with Crippen LogP contribution in [0, 0.1) is 5.82 Å². The Labute approximate surface area is 105 Å². The number of nitrogens with one attached hydrogen (secondary N) is 2. The van der Waals surface area contributed by atoms with Crippen molar-refractivity contribution < 1.29 is 9.18 Å². The van der Waals surface area contributed by atoms with Crippen LogP contribution in [0.5, 0.6) is 0 Å². The molecule has 1 aromatic carbocycles. The highest BCUT2D eigenvalue weighted by atomic mass is 35.5. The molecule has 0 aliphatic carbocycles. The van der Waals surface area contributed by atoms with Crippen LogP contribution in [0.25, 0.3) is 0 Å². The monoisotopic (exact) mass is 258 g/mol. The average Bonchev–Trinajstić information content (AvgIpc) is 2.21. The van der Waals surface area contributed by atoms with Gasteiger partial charge in [-0.15, -0.1) is 0 Å². The molecule has 0 aliphatic heterocycles. The number of hydrogen-bond donors (Lipinski definition) is 2. The molecule has 5 heteroatoms. The first-order chi connectivity index (χ1) is 7.90. The third-order valence-corrected chi connectivity index (χ3v) is 2.36. The van der Waals surface area contributed by atoms with E-state index in [0.717, 1.165) is 0 Å². The Bertz CT molecular complexity index is 409. The summed E-state index contributed by atoms with van der Waals surface area (Å²) in [5, 5.41) is 5.87. The Morgan fingerprint density at radius 1 is 1.35 bits per heavy atom. The van der Waals surface area contributed by atoms with E-state index in [1.165, 1.54) is 12.1 Å². The van der Waals surface area contributed by atoms with Gasteiger partial charge in [-0.3, -0.25) is 4.79 Å². The maximum Gasteiger partial charge on any atom is 0.242 e. The molecule has 1 aromatic rings. The maximum absolute atomic E-state index is 13.5. The van der Waals surface area contributed by atoms with Crippen molar-refractivity contribution in [2.24, 2.45) is 0 Å². The predicted octanol–water partition coefficient (Wildman–Crippen LogP) is 2.80. The number of carbonyl (C=O) groups excluding carboxylic acids is 1. The second kappa shape index (κ2) is 5.87. The van der Waals surface area contributed by atoms with E-state index in [1.807, 2.05) is 13.8 Å². The van der Waals surface area contributed by atoms with Crippen LogP contribution < -0.4 is 10.6 Å². The second-order valence-corrected chi connectivity index (χ2v) is 4.59. The Balaban J connectivity index is 2.67. The van der Waals surface area contributed by atoms with Crippen molar-refractivity contribution >= 4 is 23.2 Å². The van der Waals surface area contributed by atoms with E-state index >= 15 is 0 Å². The first-order valence-electron chi connectivity index (χ1n) is 5.42. The van der Waals surface area contributed by atoms with Crippen molar-refractivity contribution in [1.29, 1.82) is 0 Å². The van der Waals surface area contributed by atoms with Crippen LogP contribution >= 0.6 is 11.6 Å². The predicted molar refractivity (Wildman–Crippen MR) is 67.8 cm³/mol. The van der Waals surface area contributed by atoms with E-state index in [0.29, 0.717) is 5.02 Å². The standard InChI is InChI=1S/C12H16ClFN2O/c1-7(2)15-12(17)8(3)16-11-5-4-9(13)6-10(11)14/h4-8,16H,1-3H3,(H,15,17). The first-order valence-corrected chi connectivity index (χ1v) is 5.80. The van der Waals surface area contributed by atoms with Gasteiger partial charge in [-0.25, -0.2) is 4.39 Å². The van der Waals surface area contributed by atoms with Crippen LogP contribution in [0.2, 0.25) is 5.02 Å². The molecule has 0 radical (unpaired) electrons. The Hall–Kier alpha value is -1.29. The molecule has 0 aromatic heterocycles. The average molecular weight is 259 g/mol. The zero-order valence-electron chi connectivity index (χ0n) is 10.1. The van der Waals surface area contributed by atoms with Crippen molar-refractivity contribution in [1.82, 2.24) is 5.32 Å². The van der Waals surface area contributed by atoms with Crippen LogP contribution in [0.1, 0.15) is 20.8 Å². The van der Waals surface area contributed by atoms with E-state index < -0.39 is 11.9 Å². The minimum Gasteiger partial charge on any atom is -0.372 e. The molecule has 94 valence electrons. The van der Waals surface area contributed by atoms with Gasteiger partial charge in [0.1, 0.15) is 11.9 Å². The molecule has 2 N–H and O–H groups in total. The van der Waals surface area contributed by atoms with Crippen LogP contribution in [0.3, 0.4) is 0 Å². The fraction of sp³-hybridized carbons (Fsp3) is 0.417. The van der Waals surface area contributed by atoms with Gasteiger partial charge in [0.15, 0.2) is 0 Å². The summed E-state index contributed by atoms with van der Waals surface area (Å²) in [4.78, 5) is 11.6. The van der Waals surface area contributed by atoms with E-state index in [2.05, 4.69) is 10.6 Å². The molecule has 0 heterocycles. The Morgan fingerprint density at radius 3 is 2.53 bits per heavy atom. The molecule has 1 unspecified atom stereocenters. The minimum absolute atomic E-state index is 0.0572. The van der Waals surface area contributed by atoms with E-state index in [-0.39, 0.29) is 17.6 Å². The molecule has 1 rings (SSSR count).